The molecule has 0 aliphatic rings. The molecule has 0 atom stereocenters. The van der Waals surface area contributed by atoms with Crippen LogP contribution in [0, 0.1) is 0 Å². The lowest BCUT2D eigenvalue weighted by Crippen LogP contribution is -2.17. The topological polar surface area (TPSA) is 14.2 Å². The first-order valence-electron chi connectivity index (χ1n) is 4.91. The van der Waals surface area contributed by atoms with Gasteiger partial charge in [0.15, 0.2) is 0 Å². The third-order valence-electron chi connectivity index (χ3n) is 2.33. The van der Waals surface area contributed by atoms with Gasteiger partial charge in [-0.2, -0.15) is 0 Å². The summed E-state index contributed by atoms with van der Waals surface area (Å²) in [5.74, 6) is 0. The summed E-state index contributed by atoms with van der Waals surface area (Å²) in [5.41, 5.74) is 0.833. The van der Waals surface area contributed by atoms with Crippen LogP contribution in [0.4, 0.5) is 13.2 Å². The zero-order valence-electron chi connectivity index (χ0n) is 8.67. The van der Waals surface area contributed by atoms with Crippen molar-refractivity contribution in [1.29, 1.82) is 0 Å². The highest BCUT2D eigenvalue weighted by Gasteiger charge is 2.28. The molecule has 0 amide bonds. The van der Waals surface area contributed by atoms with Crippen LogP contribution in [-0.4, -0.2) is 17.5 Å². The van der Waals surface area contributed by atoms with Gasteiger partial charge in [0.25, 0.3) is 0 Å². The van der Waals surface area contributed by atoms with Crippen molar-refractivity contribution < 1.29 is 17.9 Å². The van der Waals surface area contributed by atoms with Crippen LogP contribution in [0.25, 0.3) is 10.9 Å². The van der Waals surface area contributed by atoms with E-state index in [1.807, 2.05) is 0 Å². The second kappa shape index (κ2) is 4.58. The van der Waals surface area contributed by atoms with Gasteiger partial charge in [-0.3, -0.25) is 4.74 Å². The molecule has 0 bridgehead atoms. The standard InChI is InChI=1S/C11H9ClF3NO/c12-9-1-2-10-8(7-9)3-4-16(10)5-6-17-11(13,14)15/h1-4,7H,5-6H2. The van der Waals surface area contributed by atoms with Crippen LogP contribution >= 0.6 is 11.6 Å². The molecule has 0 saturated heterocycles. The van der Waals surface area contributed by atoms with Crippen LogP contribution in [0.1, 0.15) is 0 Å². The van der Waals surface area contributed by atoms with Crippen molar-refractivity contribution in [2.75, 3.05) is 6.61 Å². The van der Waals surface area contributed by atoms with Crippen LogP contribution in [0.15, 0.2) is 30.5 Å². The normalized spacial score (nSPS) is 12.2. The van der Waals surface area contributed by atoms with Crippen LogP contribution in [0.2, 0.25) is 5.02 Å². The number of alkyl halides is 3. The van der Waals surface area contributed by atoms with E-state index in [1.54, 1.807) is 35.0 Å². The monoisotopic (exact) mass is 263 g/mol. The third kappa shape index (κ3) is 3.14. The average molecular weight is 264 g/mol. The molecule has 2 aromatic rings. The molecule has 2 nitrogen and oxygen atoms in total. The molecule has 17 heavy (non-hydrogen) atoms. The minimum Gasteiger partial charge on any atom is -0.345 e. The van der Waals surface area contributed by atoms with Crippen molar-refractivity contribution in [3.63, 3.8) is 0 Å². The van der Waals surface area contributed by atoms with E-state index in [0.29, 0.717) is 5.02 Å². The molecule has 0 saturated carbocycles. The summed E-state index contributed by atoms with van der Waals surface area (Å²) in [7, 11) is 0. The number of fused-ring (bicyclic) bond motifs is 1. The molecule has 0 aliphatic heterocycles. The first kappa shape index (κ1) is 12.3. The van der Waals surface area contributed by atoms with E-state index in [9.17, 15) is 13.2 Å². The summed E-state index contributed by atoms with van der Waals surface area (Å²) in [5, 5.41) is 1.49. The van der Waals surface area contributed by atoms with Gasteiger partial charge in [-0.15, -0.1) is 13.2 Å². The fourth-order valence-electron chi connectivity index (χ4n) is 1.63. The molecule has 0 fully saturated rings. The summed E-state index contributed by atoms with van der Waals surface area (Å²) in [4.78, 5) is 0. The highest BCUT2D eigenvalue weighted by Crippen LogP contribution is 2.21. The van der Waals surface area contributed by atoms with Crippen molar-refractivity contribution in [3.05, 3.63) is 35.5 Å². The number of benzene rings is 1. The molecular formula is C11H9ClF3NO. The van der Waals surface area contributed by atoms with Gasteiger partial charge >= 0.3 is 6.36 Å². The molecule has 1 aromatic carbocycles. The van der Waals surface area contributed by atoms with Gasteiger partial charge in [-0.25, -0.2) is 0 Å². The fourth-order valence-corrected chi connectivity index (χ4v) is 1.81. The molecule has 0 aliphatic carbocycles. The minimum absolute atomic E-state index is 0.143. The van der Waals surface area contributed by atoms with Gasteiger partial charge < -0.3 is 4.57 Å². The summed E-state index contributed by atoms with van der Waals surface area (Å²) < 4.78 is 40.8. The Balaban J connectivity index is 2.09. The van der Waals surface area contributed by atoms with Crippen LogP contribution in [0.5, 0.6) is 0 Å². The number of aromatic nitrogens is 1. The number of hydrogen-bond acceptors (Lipinski definition) is 1. The summed E-state index contributed by atoms with van der Waals surface area (Å²) in [6, 6.07) is 7.03. The zero-order chi connectivity index (χ0) is 12.5. The maximum absolute atomic E-state index is 11.8. The lowest BCUT2D eigenvalue weighted by Gasteiger charge is -2.08. The molecule has 0 N–H and O–H groups in total. The third-order valence-corrected chi connectivity index (χ3v) is 2.57. The Kier molecular flexibility index (Phi) is 3.31. The molecule has 6 heteroatoms. The zero-order valence-corrected chi connectivity index (χ0v) is 9.42. The molecule has 0 spiro atoms. The number of rotatable bonds is 3. The SMILES string of the molecule is FC(F)(F)OCCn1ccc2cc(Cl)ccc21. The molecule has 92 valence electrons. The van der Waals surface area contributed by atoms with Crippen molar-refractivity contribution in [2.45, 2.75) is 12.9 Å². The van der Waals surface area contributed by atoms with E-state index in [4.69, 9.17) is 11.6 Å². The second-order valence-corrected chi connectivity index (χ2v) is 3.94. The predicted octanol–water partition coefficient (Wildman–Crippen LogP) is 3.83. The summed E-state index contributed by atoms with van der Waals surface area (Å²) in [6.45, 7) is -0.263. The van der Waals surface area contributed by atoms with E-state index < -0.39 is 13.0 Å². The van der Waals surface area contributed by atoms with Gasteiger partial charge in [0.05, 0.1) is 6.61 Å². The molecule has 1 aromatic heterocycles. The second-order valence-electron chi connectivity index (χ2n) is 3.51. The lowest BCUT2D eigenvalue weighted by atomic mass is 10.2. The van der Waals surface area contributed by atoms with E-state index in [2.05, 4.69) is 4.74 Å². The quantitative estimate of drug-likeness (QED) is 0.821. The maximum atomic E-state index is 11.8. The first-order chi connectivity index (χ1) is 7.96. The number of hydrogen-bond donors (Lipinski definition) is 0. The van der Waals surface area contributed by atoms with Gasteiger partial charge in [-0.05, 0) is 24.3 Å². The van der Waals surface area contributed by atoms with Gasteiger partial charge in [-0.1, -0.05) is 11.6 Å². The van der Waals surface area contributed by atoms with Gasteiger partial charge in [0, 0.05) is 28.7 Å². The lowest BCUT2D eigenvalue weighted by molar-refractivity contribution is -0.325. The van der Waals surface area contributed by atoms with E-state index >= 15 is 0 Å². The maximum Gasteiger partial charge on any atom is 0.522 e. The van der Waals surface area contributed by atoms with E-state index in [-0.39, 0.29) is 6.54 Å². The minimum atomic E-state index is -4.58. The van der Waals surface area contributed by atoms with Crippen LogP contribution in [0.3, 0.4) is 0 Å². The van der Waals surface area contributed by atoms with Gasteiger partial charge in [0.1, 0.15) is 0 Å². The average Bonchev–Trinajstić information content (AvgIpc) is 2.59. The van der Waals surface area contributed by atoms with Crippen molar-refractivity contribution in [3.8, 4) is 0 Å². The fraction of sp³-hybridized carbons (Fsp3) is 0.273. The van der Waals surface area contributed by atoms with Crippen molar-refractivity contribution in [1.82, 2.24) is 4.57 Å². The van der Waals surface area contributed by atoms with E-state index in [0.717, 1.165) is 10.9 Å². The van der Waals surface area contributed by atoms with Crippen molar-refractivity contribution >= 4 is 22.5 Å². The Bertz CT molecular complexity index is 521. The smallest absolute Gasteiger partial charge is 0.345 e. The molecule has 2 rings (SSSR count). The Morgan fingerprint density at radius 2 is 2.00 bits per heavy atom. The Labute approximate surface area is 101 Å². The van der Waals surface area contributed by atoms with Crippen LogP contribution < -0.4 is 0 Å². The van der Waals surface area contributed by atoms with Gasteiger partial charge in [0.2, 0.25) is 0 Å². The predicted molar refractivity (Wildman–Crippen MR) is 59.0 cm³/mol. The highest BCUT2D eigenvalue weighted by atomic mass is 35.5. The van der Waals surface area contributed by atoms with Crippen LogP contribution in [-0.2, 0) is 11.3 Å². The first-order valence-corrected chi connectivity index (χ1v) is 5.28. The van der Waals surface area contributed by atoms with E-state index in [1.165, 1.54) is 0 Å². The molecule has 0 unspecified atom stereocenters. The Morgan fingerprint density at radius 1 is 1.24 bits per heavy atom. The summed E-state index contributed by atoms with van der Waals surface area (Å²) >= 11 is 5.81. The number of ether oxygens (including phenoxy) is 1. The molecule has 0 radical (unpaired) electrons. The Hall–Kier alpha value is -1.20. The largest absolute Gasteiger partial charge is 0.522 e. The highest BCUT2D eigenvalue weighted by molar-refractivity contribution is 6.31. The number of halogens is 4. The van der Waals surface area contributed by atoms with Crippen molar-refractivity contribution in [2.24, 2.45) is 0 Å². The molecule has 1 heterocycles. The summed E-state index contributed by atoms with van der Waals surface area (Å²) in [6.07, 6.45) is -2.87. The number of nitrogens with zero attached hydrogens (tertiary/aromatic N) is 1. The molecular weight excluding hydrogens is 255 g/mol. The Morgan fingerprint density at radius 3 is 2.71 bits per heavy atom.